The standard InChI is InChI=1S/C25H27FN8/c1-32-20-11-4-3-10-19(20)29-21(32)15-27-23-22-24(31-25(30-23)33-12-5-2-6-13-33)34(16-28-22)18-9-7-8-17(26)14-18/h3-4,7-11,14,16,21,29H,2,5-6,12-13,15H2,1H3,(H,27,30,31). The molecule has 2 aliphatic rings. The first kappa shape index (κ1) is 20.7. The molecule has 1 fully saturated rings. The number of piperidine rings is 1. The minimum absolute atomic E-state index is 0.0751. The van der Waals surface area contributed by atoms with E-state index in [2.05, 4.69) is 44.6 Å². The molecule has 1 saturated heterocycles. The van der Waals surface area contributed by atoms with Gasteiger partial charge in [0.05, 0.1) is 23.6 Å². The zero-order valence-corrected chi connectivity index (χ0v) is 19.1. The number of imidazole rings is 1. The molecule has 4 aromatic rings. The molecule has 0 amide bonds. The summed E-state index contributed by atoms with van der Waals surface area (Å²) in [5, 5.41) is 7.08. The van der Waals surface area contributed by atoms with Crippen LogP contribution in [0.2, 0.25) is 0 Å². The fourth-order valence-corrected chi connectivity index (χ4v) is 4.79. The Morgan fingerprint density at radius 2 is 1.91 bits per heavy atom. The summed E-state index contributed by atoms with van der Waals surface area (Å²) in [6, 6.07) is 14.8. The Hall–Kier alpha value is -3.88. The van der Waals surface area contributed by atoms with Gasteiger partial charge in [-0.25, -0.2) is 9.37 Å². The van der Waals surface area contributed by atoms with Crippen molar-refractivity contribution in [3.05, 3.63) is 60.7 Å². The van der Waals surface area contributed by atoms with Crippen LogP contribution in [-0.2, 0) is 0 Å². The number of hydrogen-bond donors (Lipinski definition) is 2. The van der Waals surface area contributed by atoms with Gasteiger partial charge in [0.1, 0.15) is 18.3 Å². The Labute approximate surface area is 197 Å². The fraction of sp³-hybridized carbons (Fsp3) is 0.320. The van der Waals surface area contributed by atoms with E-state index >= 15 is 0 Å². The van der Waals surface area contributed by atoms with Gasteiger partial charge in [0.25, 0.3) is 0 Å². The predicted molar refractivity (Wildman–Crippen MR) is 133 cm³/mol. The van der Waals surface area contributed by atoms with Crippen molar-refractivity contribution in [3.8, 4) is 5.69 Å². The number of benzene rings is 2. The highest BCUT2D eigenvalue weighted by Crippen LogP contribution is 2.33. The normalized spacial score (nSPS) is 17.6. The summed E-state index contributed by atoms with van der Waals surface area (Å²) in [6.07, 6.45) is 5.25. The number of fused-ring (bicyclic) bond motifs is 2. The predicted octanol–water partition coefficient (Wildman–Crippen LogP) is 4.24. The summed E-state index contributed by atoms with van der Waals surface area (Å²) in [7, 11) is 2.08. The van der Waals surface area contributed by atoms with Crippen molar-refractivity contribution >= 4 is 34.3 Å². The van der Waals surface area contributed by atoms with Gasteiger partial charge >= 0.3 is 0 Å². The zero-order valence-electron chi connectivity index (χ0n) is 19.1. The maximum atomic E-state index is 14.0. The van der Waals surface area contributed by atoms with Crippen LogP contribution in [0.25, 0.3) is 16.9 Å². The van der Waals surface area contributed by atoms with E-state index in [0.29, 0.717) is 35.2 Å². The van der Waals surface area contributed by atoms with E-state index in [-0.39, 0.29) is 12.0 Å². The molecular formula is C25H27FN8. The van der Waals surface area contributed by atoms with Crippen molar-refractivity contribution in [2.24, 2.45) is 0 Å². The summed E-state index contributed by atoms with van der Waals surface area (Å²) in [6.45, 7) is 2.49. The third kappa shape index (κ3) is 3.67. The first-order valence-corrected chi connectivity index (χ1v) is 11.8. The minimum Gasteiger partial charge on any atom is -0.364 e. The van der Waals surface area contributed by atoms with Crippen molar-refractivity contribution in [2.75, 3.05) is 47.1 Å². The number of halogens is 1. The lowest BCUT2D eigenvalue weighted by molar-refractivity contribution is 0.569. The lowest BCUT2D eigenvalue weighted by Gasteiger charge is -2.27. The smallest absolute Gasteiger partial charge is 0.229 e. The number of nitrogens with one attached hydrogen (secondary N) is 2. The highest BCUT2D eigenvalue weighted by Gasteiger charge is 2.26. The molecule has 2 aromatic heterocycles. The minimum atomic E-state index is -0.294. The van der Waals surface area contributed by atoms with Gasteiger partial charge in [-0.05, 0) is 49.6 Å². The van der Waals surface area contributed by atoms with Crippen molar-refractivity contribution in [3.63, 3.8) is 0 Å². The van der Waals surface area contributed by atoms with Crippen molar-refractivity contribution in [1.82, 2.24) is 19.5 Å². The molecule has 2 aliphatic heterocycles. The van der Waals surface area contributed by atoms with Crippen LogP contribution in [0.4, 0.5) is 27.5 Å². The maximum absolute atomic E-state index is 14.0. The molecule has 2 N–H and O–H groups in total. The molecule has 174 valence electrons. The maximum Gasteiger partial charge on any atom is 0.229 e. The SMILES string of the molecule is CN1c2ccccc2NC1CNc1nc(N2CCCCC2)nc2c1ncn2-c1cccc(F)c1. The van der Waals surface area contributed by atoms with Crippen LogP contribution in [0.15, 0.2) is 54.9 Å². The van der Waals surface area contributed by atoms with Crippen LogP contribution in [0.1, 0.15) is 19.3 Å². The second-order valence-corrected chi connectivity index (χ2v) is 8.86. The quantitative estimate of drug-likeness (QED) is 0.463. The summed E-state index contributed by atoms with van der Waals surface area (Å²) in [5.41, 5.74) is 4.31. The number of aromatic nitrogens is 4. The Kier molecular flexibility index (Phi) is 5.16. The highest BCUT2D eigenvalue weighted by atomic mass is 19.1. The first-order chi connectivity index (χ1) is 16.7. The van der Waals surface area contributed by atoms with Gasteiger partial charge in [0.15, 0.2) is 17.0 Å². The third-order valence-corrected chi connectivity index (χ3v) is 6.65. The van der Waals surface area contributed by atoms with E-state index in [1.54, 1.807) is 12.4 Å². The van der Waals surface area contributed by atoms with E-state index in [1.807, 2.05) is 22.8 Å². The molecule has 1 unspecified atom stereocenters. The molecular weight excluding hydrogens is 431 g/mol. The number of anilines is 4. The fourth-order valence-electron chi connectivity index (χ4n) is 4.79. The van der Waals surface area contributed by atoms with Crippen molar-refractivity contribution in [1.29, 1.82) is 0 Å². The number of likely N-dealkylation sites (N-methyl/N-ethyl adjacent to an activating group) is 1. The molecule has 34 heavy (non-hydrogen) atoms. The first-order valence-electron chi connectivity index (χ1n) is 11.8. The Morgan fingerprint density at radius 3 is 2.74 bits per heavy atom. The molecule has 0 aliphatic carbocycles. The van der Waals surface area contributed by atoms with Crippen LogP contribution < -0.4 is 20.4 Å². The van der Waals surface area contributed by atoms with Crippen LogP contribution in [0.3, 0.4) is 0 Å². The van der Waals surface area contributed by atoms with Gasteiger partial charge < -0.3 is 20.4 Å². The van der Waals surface area contributed by atoms with Gasteiger partial charge in [-0.1, -0.05) is 18.2 Å². The van der Waals surface area contributed by atoms with E-state index in [9.17, 15) is 4.39 Å². The van der Waals surface area contributed by atoms with E-state index < -0.39 is 0 Å². The average molecular weight is 459 g/mol. The number of para-hydroxylation sites is 2. The molecule has 8 nitrogen and oxygen atoms in total. The van der Waals surface area contributed by atoms with Crippen molar-refractivity contribution < 1.29 is 4.39 Å². The number of nitrogens with zero attached hydrogens (tertiary/aromatic N) is 6. The molecule has 9 heteroatoms. The second-order valence-electron chi connectivity index (χ2n) is 8.86. The van der Waals surface area contributed by atoms with Gasteiger partial charge in [-0.3, -0.25) is 4.57 Å². The summed E-state index contributed by atoms with van der Waals surface area (Å²) in [5.74, 6) is 1.08. The molecule has 0 spiro atoms. The molecule has 4 heterocycles. The molecule has 1 atom stereocenters. The molecule has 0 radical (unpaired) electrons. The van der Waals surface area contributed by atoms with Crippen LogP contribution in [0, 0.1) is 5.82 Å². The van der Waals surface area contributed by atoms with Crippen LogP contribution in [-0.4, -0.2) is 52.4 Å². The van der Waals surface area contributed by atoms with E-state index in [1.165, 1.54) is 24.2 Å². The molecule has 2 aromatic carbocycles. The summed E-state index contributed by atoms with van der Waals surface area (Å²) < 4.78 is 15.8. The van der Waals surface area contributed by atoms with Gasteiger partial charge in [-0.2, -0.15) is 9.97 Å². The number of hydrogen-bond acceptors (Lipinski definition) is 7. The second kappa shape index (κ2) is 8.48. The largest absolute Gasteiger partial charge is 0.364 e. The monoisotopic (exact) mass is 458 g/mol. The Balaban J connectivity index is 1.36. The average Bonchev–Trinajstić information content (AvgIpc) is 3.44. The van der Waals surface area contributed by atoms with Gasteiger partial charge in [-0.15, -0.1) is 0 Å². The lowest BCUT2D eigenvalue weighted by atomic mass is 10.1. The van der Waals surface area contributed by atoms with E-state index in [4.69, 9.17) is 9.97 Å². The number of rotatable bonds is 5. The molecule has 6 rings (SSSR count). The molecule has 0 bridgehead atoms. The highest BCUT2D eigenvalue weighted by molar-refractivity contribution is 5.86. The lowest BCUT2D eigenvalue weighted by Crippen LogP contribution is -2.38. The van der Waals surface area contributed by atoms with Crippen LogP contribution >= 0.6 is 0 Å². The van der Waals surface area contributed by atoms with Gasteiger partial charge in [0, 0.05) is 20.1 Å². The summed E-state index contributed by atoms with van der Waals surface area (Å²) in [4.78, 5) is 18.8. The molecule has 0 saturated carbocycles. The summed E-state index contributed by atoms with van der Waals surface area (Å²) >= 11 is 0. The zero-order chi connectivity index (χ0) is 23.1. The topological polar surface area (TPSA) is 74.1 Å². The van der Waals surface area contributed by atoms with E-state index in [0.717, 1.165) is 31.6 Å². The Bertz CT molecular complexity index is 1330. The Morgan fingerprint density at radius 1 is 1.06 bits per heavy atom. The van der Waals surface area contributed by atoms with Crippen LogP contribution in [0.5, 0.6) is 0 Å². The van der Waals surface area contributed by atoms with Crippen molar-refractivity contribution in [2.45, 2.75) is 25.4 Å². The van der Waals surface area contributed by atoms with Gasteiger partial charge in [0.2, 0.25) is 5.95 Å². The third-order valence-electron chi connectivity index (χ3n) is 6.65.